The van der Waals surface area contributed by atoms with Gasteiger partial charge >= 0.3 is 0 Å². The molecule has 3 aromatic rings. The molecule has 0 atom stereocenters. The normalized spacial score (nSPS) is 11.1. The van der Waals surface area contributed by atoms with Crippen LogP contribution in [0.3, 0.4) is 0 Å². The van der Waals surface area contributed by atoms with Gasteiger partial charge < -0.3 is 24.6 Å². The number of hydrogen-bond donors (Lipinski definition) is 2. The van der Waals surface area contributed by atoms with Gasteiger partial charge in [-0.05, 0) is 44.3 Å². The number of aromatic nitrogens is 1. The van der Waals surface area contributed by atoms with Crippen molar-refractivity contribution in [2.45, 2.75) is 13.0 Å². The van der Waals surface area contributed by atoms with Gasteiger partial charge in [0.1, 0.15) is 5.75 Å². The minimum atomic E-state index is -0.731. The molecule has 0 saturated heterocycles. The van der Waals surface area contributed by atoms with Gasteiger partial charge in [0.05, 0.1) is 18.8 Å². The van der Waals surface area contributed by atoms with E-state index in [2.05, 4.69) is 10.2 Å². The van der Waals surface area contributed by atoms with E-state index in [4.69, 9.17) is 9.84 Å². The predicted octanol–water partition coefficient (Wildman–Crippen LogP) is 2.31. The minimum absolute atomic E-state index is 0.0352. The Hall–Kier alpha value is -3.16. The molecular formula is C24H29N3O4. The van der Waals surface area contributed by atoms with E-state index < -0.39 is 11.7 Å². The van der Waals surface area contributed by atoms with E-state index in [-0.39, 0.29) is 13.2 Å². The molecule has 1 aromatic heterocycles. The number of aliphatic hydroxyl groups excluding tert-OH is 1. The highest BCUT2D eigenvalue weighted by Crippen LogP contribution is 2.27. The maximum Gasteiger partial charge on any atom is 0.292 e. The molecule has 1 heterocycles. The molecule has 7 heteroatoms. The molecule has 31 heavy (non-hydrogen) atoms. The molecule has 0 fully saturated rings. The molecule has 0 spiro atoms. The second kappa shape index (κ2) is 10.7. The van der Waals surface area contributed by atoms with Crippen molar-refractivity contribution in [3.8, 4) is 5.75 Å². The van der Waals surface area contributed by atoms with Crippen molar-refractivity contribution >= 4 is 22.6 Å². The maximum absolute atomic E-state index is 12.8. The summed E-state index contributed by atoms with van der Waals surface area (Å²) in [5, 5.41) is 12.0. The van der Waals surface area contributed by atoms with E-state index in [1.54, 1.807) is 6.20 Å². The Labute approximate surface area is 182 Å². The molecule has 2 aromatic carbocycles. The number of carbonyl (C=O) groups excluding carboxylic acids is 2. The number of benzene rings is 2. The third-order valence-electron chi connectivity index (χ3n) is 4.91. The zero-order valence-corrected chi connectivity index (χ0v) is 18.0. The van der Waals surface area contributed by atoms with E-state index in [0.29, 0.717) is 29.9 Å². The second-order valence-corrected chi connectivity index (χ2v) is 7.65. The van der Waals surface area contributed by atoms with E-state index in [1.165, 1.54) is 0 Å². The van der Waals surface area contributed by atoms with Crippen LogP contribution >= 0.6 is 0 Å². The third-order valence-corrected chi connectivity index (χ3v) is 4.91. The van der Waals surface area contributed by atoms with Crippen LogP contribution in [0.1, 0.15) is 22.3 Å². The number of aliphatic hydroxyl groups is 1. The van der Waals surface area contributed by atoms with Crippen LogP contribution in [0.2, 0.25) is 0 Å². The van der Waals surface area contributed by atoms with Gasteiger partial charge in [0.15, 0.2) is 0 Å². The fraction of sp³-hybridized carbons (Fsp3) is 0.333. The monoisotopic (exact) mass is 423 g/mol. The van der Waals surface area contributed by atoms with Crippen molar-refractivity contribution in [1.82, 2.24) is 14.8 Å². The topological polar surface area (TPSA) is 83.8 Å². The smallest absolute Gasteiger partial charge is 0.292 e. The molecule has 0 aliphatic rings. The molecule has 164 valence electrons. The number of ketones is 1. The third kappa shape index (κ3) is 5.93. The molecule has 0 aliphatic carbocycles. The van der Waals surface area contributed by atoms with Gasteiger partial charge in [-0.25, -0.2) is 0 Å². The van der Waals surface area contributed by atoms with E-state index >= 15 is 0 Å². The number of hydrogen-bond acceptors (Lipinski definition) is 5. The van der Waals surface area contributed by atoms with Crippen molar-refractivity contribution < 1.29 is 19.4 Å². The molecule has 0 radical (unpaired) electrons. The average molecular weight is 424 g/mol. The van der Waals surface area contributed by atoms with Crippen LogP contribution in [0.4, 0.5) is 0 Å². The number of amides is 1. The van der Waals surface area contributed by atoms with Gasteiger partial charge in [-0.3, -0.25) is 9.59 Å². The van der Waals surface area contributed by atoms with Gasteiger partial charge in [0.2, 0.25) is 0 Å². The maximum atomic E-state index is 12.8. The Morgan fingerprint density at radius 1 is 1.13 bits per heavy atom. The largest absolute Gasteiger partial charge is 0.494 e. The van der Waals surface area contributed by atoms with Gasteiger partial charge in [-0.2, -0.15) is 0 Å². The Balaban J connectivity index is 1.91. The number of Topliss-reactive ketones (excluding diaryl/α,β-unsaturated/α-hetero) is 1. The first-order chi connectivity index (χ1) is 15.0. The highest BCUT2D eigenvalue weighted by molar-refractivity contribution is 6.45. The number of carbonyl (C=O) groups is 2. The number of nitrogens with one attached hydrogen (secondary N) is 1. The Bertz CT molecular complexity index is 1030. The van der Waals surface area contributed by atoms with Gasteiger partial charge in [0, 0.05) is 36.7 Å². The summed E-state index contributed by atoms with van der Waals surface area (Å²) in [7, 11) is 4.03. The van der Waals surface area contributed by atoms with Crippen LogP contribution in [-0.2, 0) is 11.3 Å². The molecule has 3 rings (SSSR count). The number of rotatable bonds is 11. The molecule has 1 amide bonds. The Kier molecular flexibility index (Phi) is 7.81. The molecule has 2 N–H and O–H groups in total. The lowest BCUT2D eigenvalue weighted by atomic mass is 10.1. The Morgan fingerprint density at radius 3 is 2.61 bits per heavy atom. The standard InChI is InChI=1S/C24H29N3O4/c1-26(2)12-6-14-31-19-9-10-22-20(15-19)21(23(29)24(30)25-11-13-28)17-27(22)16-18-7-4-3-5-8-18/h3-5,7-10,15,17,28H,6,11-14,16H2,1-2H3,(H,25,30). The van der Waals surface area contributed by atoms with E-state index in [0.717, 1.165) is 24.0 Å². The van der Waals surface area contributed by atoms with Gasteiger partial charge in [0.25, 0.3) is 11.7 Å². The summed E-state index contributed by atoms with van der Waals surface area (Å²) in [5.41, 5.74) is 2.26. The minimum Gasteiger partial charge on any atom is -0.494 e. The molecular weight excluding hydrogens is 394 g/mol. The summed E-state index contributed by atoms with van der Waals surface area (Å²) >= 11 is 0. The molecule has 0 saturated carbocycles. The van der Waals surface area contributed by atoms with Gasteiger partial charge in [-0.1, -0.05) is 30.3 Å². The van der Waals surface area contributed by atoms with Crippen molar-refractivity contribution in [2.24, 2.45) is 0 Å². The lowest BCUT2D eigenvalue weighted by Crippen LogP contribution is -2.33. The van der Waals surface area contributed by atoms with Crippen LogP contribution in [0.15, 0.2) is 54.7 Å². The van der Waals surface area contributed by atoms with Crippen molar-refractivity contribution in [3.63, 3.8) is 0 Å². The molecule has 7 nitrogen and oxygen atoms in total. The van der Waals surface area contributed by atoms with Crippen LogP contribution in [-0.4, -0.2) is 66.7 Å². The van der Waals surface area contributed by atoms with E-state index in [1.807, 2.05) is 67.2 Å². The summed E-state index contributed by atoms with van der Waals surface area (Å²) in [6, 6.07) is 15.6. The predicted molar refractivity (Wildman–Crippen MR) is 121 cm³/mol. The van der Waals surface area contributed by atoms with Crippen LogP contribution < -0.4 is 10.1 Å². The summed E-state index contributed by atoms with van der Waals surface area (Å²) in [6.07, 6.45) is 2.60. The van der Waals surface area contributed by atoms with Gasteiger partial charge in [-0.15, -0.1) is 0 Å². The van der Waals surface area contributed by atoms with Crippen LogP contribution in [0.25, 0.3) is 10.9 Å². The lowest BCUT2D eigenvalue weighted by Gasteiger charge is -2.11. The quantitative estimate of drug-likeness (QED) is 0.281. The zero-order valence-electron chi connectivity index (χ0n) is 18.0. The molecule has 0 bridgehead atoms. The first kappa shape index (κ1) is 22.5. The molecule has 0 unspecified atom stereocenters. The summed E-state index contributed by atoms with van der Waals surface area (Å²) in [6.45, 7) is 1.87. The first-order valence-electron chi connectivity index (χ1n) is 10.4. The van der Waals surface area contributed by atoms with Crippen molar-refractivity contribution in [1.29, 1.82) is 0 Å². The summed E-state index contributed by atoms with van der Waals surface area (Å²) in [4.78, 5) is 27.2. The first-order valence-corrected chi connectivity index (χ1v) is 10.4. The number of fused-ring (bicyclic) bond motifs is 1. The van der Waals surface area contributed by atoms with Crippen LogP contribution in [0.5, 0.6) is 5.75 Å². The molecule has 0 aliphatic heterocycles. The van der Waals surface area contributed by atoms with Crippen molar-refractivity contribution in [3.05, 3.63) is 65.9 Å². The fourth-order valence-corrected chi connectivity index (χ4v) is 3.40. The average Bonchev–Trinajstić information content (AvgIpc) is 3.12. The lowest BCUT2D eigenvalue weighted by molar-refractivity contribution is -0.117. The fourth-order valence-electron chi connectivity index (χ4n) is 3.40. The van der Waals surface area contributed by atoms with Crippen molar-refractivity contribution in [2.75, 3.05) is 40.4 Å². The highest BCUT2D eigenvalue weighted by atomic mass is 16.5. The SMILES string of the molecule is CN(C)CCCOc1ccc2c(c1)c(C(=O)C(=O)NCCO)cn2Cc1ccccc1. The number of ether oxygens (including phenoxy) is 1. The number of nitrogens with zero attached hydrogens (tertiary/aromatic N) is 2. The second-order valence-electron chi connectivity index (χ2n) is 7.65. The summed E-state index contributed by atoms with van der Waals surface area (Å²) in [5.74, 6) is -0.700. The van der Waals surface area contributed by atoms with E-state index in [9.17, 15) is 9.59 Å². The zero-order chi connectivity index (χ0) is 22.2. The van der Waals surface area contributed by atoms with Crippen LogP contribution in [0, 0.1) is 0 Å². The summed E-state index contributed by atoms with van der Waals surface area (Å²) < 4.78 is 7.84. The Morgan fingerprint density at radius 2 is 1.90 bits per heavy atom. The highest BCUT2D eigenvalue weighted by Gasteiger charge is 2.22.